The lowest BCUT2D eigenvalue weighted by molar-refractivity contribution is -0.139. The van der Waals surface area contributed by atoms with Gasteiger partial charge < -0.3 is 10.2 Å². The van der Waals surface area contributed by atoms with Crippen molar-refractivity contribution in [1.29, 1.82) is 0 Å². The molecule has 3 rings (SSSR count). The van der Waals surface area contributed by atoms with Gasteiger partial charge in [0.1, 0.15) is 11.9 Å². The highest BCUT2D eigenvalue weighted by Crippen LogP contribution is 2.23. The molecule has 0 fully saturated rings. The SMILES string of the molecule is CCNC(=O)[C@@H](Cc1ccccc1)N(Cc1ccccc1F)C(=O)CSc1ccc(Cl)cc1. The maximum Gasteiger partial charge on any atom is 0.243 e. The van der Waals surface area contributed by atoms with E-state index in [0.717, 1.165) is 10.5 Å². The van der Waals surface area contributed by atoms with Crippen LogP contribution >= 0.6 is 23.4 Å². The summed E-state index contributed by atoms with van der Waals surface area (Å²) < 4.78 is 14.5. The molecule has 3 aromatic rings. The first kappa shape index (κ1) is 24.8. The van der Waals surface area contributed by atoms with Crippen molar-refractivity contribution < 1.29 is 14.0 Å². The summed E-state index contributed by atoms with van der Waals surface area (Å²) >= 11 is 7.30. The first-order chi connectivity index (χ1) is 16.0. The van der Waals surface area contributed by atoms with Crippen LogP contribution in [0.3, 0.4) is 0 Å². The number of benzene rings is 3. The molecule has 3 aromatic carbocycles. The van der Waals surface area contributed by atoms with Gasteiger partial charge in [-0.3, -0.25) is 9.59 Å². The molecule has 1 atom stereocenters. The van der Waals surface area contributed by atoms with E-state index >= 15 is 0 Å². The molecule has 0 bridgehead atoms. The summed E-state index contributed by atoms with van der Waals surface area (Å²) in [5, 5.41) is 3.45. The van der Waals surface area contributed by atoms with Crippen molar-refractivity contribution in [2.75, 3.05) is 12.3 Å². The van der Waals surface area contributed by atoms with E-state index in [1.807, 2.05) is 49.4 Å². The van der Waals surface area contributed by atoms with Crippen LogP contribution in [0.5, 0.6) is 0 Å². The Bertz CT molecular complexity index is 1060. The highest BCUT2D eigenvalue weighted by atomic mass is 35.5. The van der Waals surface area contributed by atoms with Gasteiger partial charge in [0.15, 0.2) is 0 Å². The molecule has 33 heavy (non-hydrogen) atoms. The van der Waals surface area contributed by atoms with Crippen LogP contribution in [0.15, 0.2) is 83.8 Å². The lowest BCUT2D eigenvalue weighted by atomic mass is 10.0. The molecule has 1 N–H and O–H groups in total. The van der Waals surface area contributed by atoms with Crippen molar-refractivity contribution in [3.63, 3.8) is 0 Å². The number of likely N-dealkylation sites (N-methyl/N-ethyl adjacent to an activating group) is 1. The molecule has 7 heteroatoms. The third-order valence-electron chi connectivity index (χ3n) is 5.10. The summed E-state index contributed by atoms with van der Waals surface area (Å²) in [6.07, 6.45) is 0.332. The first-order valence-electron chi connectivity index (χ1n) is 10.7. The third kappa shape index (κ3) is 7.34. The Balaban J connectivity index is 1.89. The minimum absolute atomic E-state index is 0.00131. The molecule has 172 valence electrons. The van der Waals surface area contributed by atoms with Gasteiger partial charge in [-0.25, -0.2) is 4.39 Å². The smallest absolute Gasteiger partial charge is 0.243 e. The van der Waals surface area contributed by atoms with Crippen molar-refractivity contribution >= 4 is 35.2 Å². The van der Waals surface area contributed by atoms with Crippen LogP contribution in [-0.2, 0) is 22.6 Å². The summed E-state index contributed by atoms with van der Waals surface area (Å²) in [7, 11) is 0. The fourth-order valence-electron chi connectivity index (χ4n) is 3.41. The Kier molecular flexibility index (Phi) is 9.34. The molecular weight excluding hydrogens is 459 g/mol. The highest BCUT2D eigenvalue weighted by molar-refractivity contribution is 8.00. The summed E-state index contributed by atoms with van der Waals surface area (Å²) in [6.45, 7) is 2.27. The van der Waals surface area contributed by atoms with Gasteiger partial charge in [-0.05, 0) is 42.8 Å². The molecule has 0 heterocycles. The Morgan fingerprint density at radius 2 is 1.67 bits per heavy atom. The van der Waals surface area contributed by atoms with E-state index in [0.29, 0.717) is 23.6 Å². The normalized spacial score (nSPS) is 11.6. The van der Waals surface area contributed by atoms with Crippen LogP contribution in [0.4, 0.5) is 4.39 Å². The second-order valence-electron chi connectivity index (χ2n) is 7.46. The number of nitrogens with zero attached hydrogens (tertiary/aromatic N) is 1. The van der Waals surface area contributed by atoms with E-state index in [1.165, 1.54) is 22.7 Å². The quantitative estimate of drug-likeness (QED) is 0.395. The summed E-state index contributed by atoms with van der Waals surface area (Å²) in [6, 6.07) is 22.3. The third-order valence-corrected chi connectivity index (χ3v) is 6.35. The molecule has 0 aliphatic heterocycles. The van der Waals surface area contributed by atoms with Crippen LogP contribution in [-0.4, -0.2) is 35.1 Å². The average Bonchev–Trinajstić information content (AvgIpc) is 2.82. The fourth-order valence-corrected chi connectivity index (χ4v) is 4.33. The highest BCUT2D eigenvalue weighted by Gasteiger charge is 2.30. The minimum Gasteiger partial charge on any atom is -0.355 e. The second-order valence-corrected chi connectivity index (χ2v) is 8.94. The lowest BCUT2D eigenvalue weighted by Crippen LogP contribution is -2.51. The molecule has 0 aromatic heterocycles. The molecule has 0 radical (unpaired) electrons. The molecule has 0 aliphatic rings. The van der Waals surface area contributed by atoms with Crippen molar-refractivity contribution in [3.05, 3.63) is 101 Å². The van der Waals surface area contributed by atoms with Gasteiger partial charge in [0.2, 0.25) is 11.8 Å². The van der Waals surface area contributed by atoms with E-state index < -0.39 is 11.9 Å². The zero-order valence-electron chi connectivity index (χ0n) is 18.3. The second kappa shape index (κ2) is 12.4. The number of hydrogen-bond acceptors (Lipinski definition) is 3. The molecule has 0 saturated carbocycles. The Morgan fingerprint density at radius 1 is 1.00 bits per heavy atom. The van der Waals surface area contributed by atoms with Gasteiger partial charge in [-0.15, -0.1) is 11.8 Å². The molecule has 0 spiro atoms. The number of carbonyl (C=O) groups excluding carboxylic acids is 2. The number of rotatable bonds is 10. The van der Waals surface area contributed by atoms with E-state index in [4.69, 9.17) is 11.6 Å². The van der Waals surface area contributed by atoms with Crippen LogP contribution in [0, 0.1) is 5.82 Å². The van der Waals surface area contributed by atoms with Gasteiger partial charge in [0, 0.05) is 35.0 Å². The minimum atomic E-state index is -0.773. The Labute approximate surface area is 203 Å². The summed E-state index contributed by atoms with van der Waals surface area (Å²) in [5.74, 6) is -0.802. The van der Waals surface area contributed by atoms with Gasteiger partial charge in [-0.2, -0.15) is 0 Å². The summed E-state index contributed by atoms with van der Waals surface area (Å²) in [5.41, 5.74) is 1.29. The Morgan fingerprint density at radius 3 is 2.33 bits per heavy atom. The Hall–Kier alpha value is -2.83. The van der Waals surface area contributed by atoms with Crippen molar-refractivity contribution in [3.8, 4) is 0 Å². The van der Waals surface area contributed by atoms with Crippen molar-refractivity contribution in [2.45, 2.75) is 30.8 Å². The van der Waals surface area contributed by atoms with Crippen LogP contribution in [0.2, 0.25) is 5.02 Å². The number of hydrogen-bond donors (Lipinski definition) is 1. The number of halogens is 2. The first-order valence-corrected chi connectivity index (χ1v) is 12.1. The summed E-state index contributed by atoms with van der Waals surface area (Å²) in [4.78, 5) is 28.8. The van der Waals surface area contributed by atoms with E-state index in [1.54, 1.807) is 30.3 Å². The molecular formula is C26H26ClFN2O2S. The topological polar surface area (TPSA) is 49.4 Å². The van der Waals surface area contributed by atoms with Gasteiger partial charge >= 0.3 is 0 Å². The zero-order chi connectivity index (χ0) is 23.6. The van der Waals surface area contributed by atoms with Gasteiger partial charge in [0.25, 0.3) is 0 Å². The molecule has 0 unspecified atom stereocenters. The molecule has 4 nitrogen and oxygen atoms in total. The van der Waals surface area contributed by atoms with Gasteiger partial charge in [-0.1, -0.05) is 60.1 Å². The number of carbonyl (C=O) groups is 2. The number of amides is 2. The van der Waals surface area contributed by atoms with E-state index in [2.05, 4.69) is 5.32 Å². The lowest BCUT2D eigenvalue weighted by Gasteiger charge is -2.31. The molecule has 0 aliphatic carbocycles. The predicted octanol–water partition coefficient (Wildman–Crippen LogP) is 5.35. The zero-order valence-corrected chi connectivity index (χ0v) is 19.9. The largest absolute Gasteiger partial charge is 0.355 e. The predicted molar refractivity (Wildman–Crippen MR) is 132 cm³/mol. The molecule has 2 amide bonds. The van der Waals surface area contributed by atoms with E-state index in [9.17, 15) is 14.0 Å². The van der Waals surface area contributed by atoms with Crippen LogP contribution in [0.25, 0.3) is 0 Å². The number of nitrogens with one attached hydrogen (secondary N) is 1. The van der Waals surface area contributed by atoms with Crippen LogP contribution in [0.1, 0.15) is 18.1 Å². The maximum atomic E-state index is 14.5. The van der Waals surface area contributed by atoms with E-state index in [-0.39, 0.29) is 24.1 Å². The van der Waals surface area contributed by atoms with Gasteiger partial charge in [0.05, 0.1) is 5.75 Å². The maximum absolute atomic E-state index is 14.5. The average molecular weight is 485 g/mol. The number of thioether (sulfide) groups is 1. The van der Waals surface area contributed by atoms with Crippen molar-refractivity contribution in [2.24, 2.45) is 0 Å². The van der Waals surface area contributed by atoms with Crippen molar-refractivity contribution in [1.82, 2.24) is 10.2 Å². The standard InChI is InChI=1S/C26H26ClFN2O2S/c1-2-29-26(32)24(16-19-8-4-3-5-9-19)30(17-20-10-6-7-11-23(20)28)25(31)18-33-22-14-12-21(27)13-15-22/h3-15,24H,2,16-18H2,1H3,(H,29,32)/t24-/m1/s1. The molecule has 0 saturated heterocycles. The monoisotopic (exact) mass is 484 g/mol. The fraction of sp³-hybridized carbons (Fsp3) is 0.231. The van der Waals surface area contributed by atoms with Crippen LogP contribution < -0.4 is 5.32 Å².